The highest BCUT2D eigenvalue weighted by Gasteiger charge is 2.12. The number of rotatable bonds is 3. The summed E-state index contributed by atoms with van der Waals surface area (Å²) in [6.07, 6.45) is 0. The maximum Gasteiger partial charge on any atom is 0.342 e. The van der Waals surface area contributed by atoms with Crippen LogP contribution in [0, 0.1) is 0 Å². The van der Waals surface area contributed by atoms with E-state index < -0.39 is 0 Å². The molecule has 0 atom stereocenters. The van der Waals surface area contributed by atoms with E-state index in [4.69, 9.17) is 4.74 Å². The normalized spacial score (nSPS) is 10.3. The second kappa shape index (κ2) is 5.73. The highest BCUT2D eigenvalue weighted by Crippen LogP contribution is 2.02. The molecule has 84 valence electrons. The molecule has 3 nitrogen and oxygen atoms in total. The molecule has 0 amide bonds. The molecule has 0 aromatic heterocycles. The van der Waals surface area contributed by atoms with Crippen LogP contribution in [-0.4, -0.2) is 38.3 Å². The van der Waals surface area contributed by atoms with Gasteiger partial charge in [0.1, 0.15) is 0 Å². The minimum absolute atomic E-state index is 0. The molecule has 1 aromatic carbocycles. The monoisotopic (exact) mass is 229 g/mol. The SMILES string of the molecule is C[N+](C)(C)COC(=O)c1ccccc1.[Cl-]. The van der Waals surface area contributed by atoms with E-state index in [0.29, 0.717) is 16.8 Å². The van der Waals surface area contributed by atoms with Gasteiger partial charge in [0.25, 0.3) is 0 Å². The van der Waals surface area contributed by atoms with Crippen LogP contribution in [0.1, 0.15) is 10.4 Å². The maximum atomic E-state index is 11.5. The molecule has 0 saturated heterocycles. The van der Waals surface area contributed by atoms with Crippen LogP contribution in [0.5, 0.6) is 0 Å². The molecule has 0 unspecified atom stereocenters. The largest absolute Gasteiger partial charge is 1.00 e. The highest BCUT2D eigenvalue weighted by atomic mass is 35.5. The standard InChI is InChI=1S/C11H16NO2.ClH/c1-12(2,3)9-14-11(13)10-7-5-4-6-8-10;/h4-8H,9H2,1-3H3;1H/q+1;/p-1. The molecule has 0 aliphatic carbocycles. The molecular weight excluding hydrogens is 214 g/mol. The summed E-state index contributed by atoms with van der Waals surface area (Å²) < 4.78 is 5.74. The van der Waals surface area contributed by atoms with Crippen molar-refractivity contribution < 1.29 is 26.4 Å². The highest BCUT2D eigenvalue weighted by molar-refractivity contribution is 5.89. The van der Waals surface area contributed by atoms with Gasteiger partial charge in [0.2, 0.25) is 6.73 Å². The minimum atomic E-state index is -0.265. The Balaban J connectivity index is 0.00000196. The van der Waals surface area contributed by atoms with Crippen molar-refractivity contribution in [3.8, 4) is 0 Å². The van der Waals surface area contributed by atoms with E-state index in [1.54, 1.807) is 12.1 Å². The Bertz CT molecular complexity index is 306. The molecular formula is C11H16ClNO2. The second-order valence-corrected chi connectivity index (χ2v) is 4.22. The lowest BCUT2D eigenvalue weighted by molar-refractivity contribution is -0.887. The number of hydrogen-bond acceptors (Lipinski definition) is 2. The molecule has 0 fully saturated rings. The third-order valence-corrected chi connectivity index (χ3v) is 1.59. The van der Waals surface area contributed by atoms with E-state index >= 15 is 0 Å². The summed E-state index contributed by atoms with van der Waals surface area (Å²) in [5.41, 5.74) is 0.598. The predicted molar refractivity (Wildman–Crippen MR) is 54.8 cm³/mol. The molecule has 0 spiro atoms. The zero-order chi connectivity index (χ0) is 10.6. The quantitative estimate of drug-likeness (QED) is 0.359. The van der Waals surface area contributed by atoms with Crippen LogP contribution in [0.4, 0.5) is 0 Å². The summed E-state index contributed by atoms with van der Waals surface area (Å²) in [6, 6.07) is 9.01. The van der Waals surface area contributed by atoms with Gasteiger partial charge in [0.05, 0.1) is 26.7 Å². The van der Waals surface area contributed by atoms with Crippen molar-refractivity contribution >= 4 is 5.97 Å². The molecule has 0 saturated carbocycles. The maximum absolute atomic E-state index is 11.5. The summed E-state index contributed by atoms with van der Waals surface area (Å²) in [7, 11) is 5.91. The van der Waals surface area contributed by atoms with Gasteiger partial charge in [-0.25, -0.2) is 4.79 Å². The molecule has 0 bridgehead atoms. The lowest BCUT2D eigenvalue weighted by atomic mass is 10.2. The number of quaternary nitrogens is 1. The zero-order valence-corrected chi connectivity index (χ0v) is 9.99. The first kappa shape index (κ1) is 13.9. The first-order chi connectivity index (χ1) is 6.49. The van der Waals surface area contributed by atoms with E-state index in [1.807, 2.05) is 39.3 Å². The molecule has 1 aromatic rings. The van der Waals surface area contributed by atoms with Crippen molar-refractivity contribution in [1.29, 1.82) is 0 Å². The van der Waals surface area contributed by atoms with Crippen molar-refractivity contribution in [3.05, 3.63) is 35.9 Å². The van der Waals surface area contributed by atoms with E-state index in [2.05, 4.69) is 0 Å². The van der Waals surface area contributed by atoms with Crippen molar-refractivity contribution in [2.24, 2.45) is 0 Å². The van der Waals surface area contributed by atoms with Gasteiger partial charge in [-0.3, -0.25) is 4.48 Å². The summed E-state index contributed by atoms with van der Waals surface area (Å²) >= 11 is 0. The number of carbonyl (C=O) groups excluding carboxylic acids is 1. The summed E-state index contributed by atoms with van der Waals surface area (Å²) in [4.78, 5) is 11.5. The number of nitrogens with zero attached hydrogens (tertiary/aromatic N) is 1. The first-order valence-electron chi connectivity index (χ1n) is 4.52. The van der Waals surface area contributed by atoms with Crippen molar-refractivity contribution in [1.82, 2.24) is 0 Å². The first-order valence-corrected chi connectivity index (χ1v) is 4.52. The van der Waals surface area contributed by atoms with Crippen LogP contribution in [-0.2, 0) is 4.74 Å². The van der Waals surface area contributed by atoms with Gasteiger partial charge in [0.15, 0.2) is 0 Å². The van der Waals surface area contributed by atoms with Crippen molar-refractivity contribution in [2.75, 3.05) is 27.9 Å². The fourth-order valence-corrected chi connectivity index (χ4v) is 0.910. The van der Waals surface area contributed by atoms with Crippen LogP contribution in [0.25, 0.3) is 0 Å². The van der Waals surface area contributed by atoms with Gasteiger partial charge in [-0.15, -0.1) is 0 Å². The number of hydrogen-bond donors (Lipinski definition) is 0. The average Bonchev–Trinajstić information content (AvgIpc) is 2.14. The van der Waals surface area contributed by atoms with Crippen molar-refractivity contribution in [2.45, 2.75) is 0 Å². The summed E-state index contributed by atoms with van der Waals surface area (Å²) in [6.45, 7) is 0.383. The van der Waals surface area contributed by atoms with Gasteiger partial charge in [-0.2, -0.15) is 0 Å². The van der Waals surface area contributed by atoms with Gasteiger partial charge in [-0.05, 0) is 12.1 Å². The lowest BCUT2D eigenvalue weighted by Crippen LogP contribution is -3.00. The fourth-order valence-electron chi connectivity index (χ4n) is 0.910. The molecule has 0 radical (unpaired) electrons. The van der Waals surface area contributed by atoms with Crippen LogP contribution in [0.2, 0.25) is 0 Å². The number of benzene rings is 1. The van der Waals surface area contributed by atoms with E-state index in [-0.39, 0.29) is 18.4 Å². The number of carbonyl (C=O) groups is 1. The Labute approximate surface area is 96.7 Å². The smallest absolute Gasteiger partial charge is 0.342 e. The molecule has 15 heavy (non-hydrogen) atoms. The van der Waals surface area contributed by atoms with Gasteiger partial charge in [-0.1, -0.05) is 18.2 Å². The number of halogens is 1. The number of ether oxygens (including phenoxy) is 1. The molecule has 4 heteroatoms. The average molecular weight is 230 g/mol. The van der Waals surface area contributed by atoms with E-state index in [0.717, 1.165) is 0 Å². The molecule has 0 aliphatic heterocycles. The fraction of sp³-hybridized carbons (Fsp3) is 0.364. The minimum Gasteiger partial charge on any atom is -1.00 e. The van der Waals surface area contributed by atoms with Gasteiger partial charge >= 0.3 is 5.97 Å². The molecule has 1 rings (SSSR count). The Hall–Kier alpha value is -1.06. The Morgan fingerprint density at radius 3 is 2.20 bits per heavy atom. The summed E-state index contributed by atoms with van der Waals surface area (Å²) in [5.74, 6) is -0.265. The zero-order valence-electron chi connectivity index (χ0n) is 9.24. The van der Waals surface area contributed by atoms with E-state index in [9.17, 15) is 4.79 Å². The molecule has 0 heterocycles. The van der Waals surface area contributed by atoms with Gasteiger partial charge < -0.3 is 17.1 Å². The summed E-state index contributed by atoms with van der Waals surface area (Å²) in [5, 5.41) is 0. The Kier molecular flexibility index (Phi) is 5.33. The van der Waals surface area contributed by atoms with Gasteiger partial charge in [0, 0.05) is 0 Å². The van der Waals surface area contributed by atoms with Crippen LogP contribution >= 0.6 is 0 Å². The van der Waals surface area contributed by atoms with E-state index in [1.165, 1.54) is 0 Å². The van der Waals surface area contributed by atoms with Crippen molar-refractivity contribution in [3.63, 3.8) is 0 Å². The predicted octanol–water partition coefficient (Wildman–Crippen LogP) is -1.49. The van der Waals surface area contributed by atoms with Crippen LogP contribution in [0.15, 0.2) is 30.3 Å². The molecule has 0 N–H and O–H groups in total. The third kappa shape index (κ3) is 5.40. The Morgan fingerprint density at radius 1 is 1.20 bits per heavy atom. The topological polar surface area (TPSA) is 26.3 Å². The Morgan fingerprint density at radius 2 is 1.73 bits per heavy atom. The third-order valence-electron chi connectivity index (χ3n) is 1.59. The van der Waals surface area contributed by atoms with Crippen LogP contribution < -0.4 is 12.4 Å². The van der Waals surface area contributed by atoms with Crippen LogP contribution in [0.3, 0.4) is 0 Å². The number of esters is 1. The second-order valence-electron chi connectivity index (χ2n) is 4.22. The molecule has 0 aliphatic rings. The lowest BCUT2D eigenvalue weighted by Gasteiger charge is -2.22.